The summed E-state index contributed by atoms with van der Waals surface area (Å²) >= 11 is 1.60. The first kappa shape index (κ1) is 16.1. The number of likely N-dealkylation sites (tertiary alicyclic amines) is 1. The van der Waals surface area contributed by atoms with Crippen LogP contribution in [0.15, 0.2) is 41.8 Å². The number of aliphatic hydroxyl groups is 1. The lowest BCUT2D eigenvalue weighted by molar-refractivity contribution is -0.132. The number of benzene rings is 1. The predicted molar refractivity (Wildman–Crippen MR) is 88.7 cm³/mol. The molecule has 0 spiro atoms. The second kappa shape index (κ2) is 7.23. The fraction of sp³-hybridized carbons (Fsp3) is 0.389. The Hall–Kier alpha value is -1.72. The Morgan fingerprint density at radius 1 is 1.26 bits per heavy atom. The molecule has 0 unspecified atom stereocenters. The summed E-state index contributed by atoms with van der Waals surface area (Å²) in [6.45, 7) is 1.35. The van der Waals surface area contributed by atoms with Crippen molar-refractivity contribution in [2.75, 3.05) is 13.1 Å². The molecule has 1 fully saturated rings. The maximum atomic E-state index is 13.0. The van der Waals surface area contributed by atoms with Gasteiger partial charge in [0, 0.05) is 18.0 Å². The molecule has 1 aliphatic rings. The van der Waals surface area contributed by atoms with E-state index in [1.54, 1.807) is 23.5 Å². The number of aliphatic hydroxyl groups excluding tert-OH is 1. The van der Waals surface area contributed by atoms with E-state index in [0.29, 0.717) is 19.5 Å². The van der Waals surface area contributed by atoms with E-state index in [1.807, 2.05) is 22.4 Å². The van der Waals surface area contributed by atoms with Crippen LogP contribution in [-0.4, -0.2) is 29.0 Å². The van der Waals surface area contributed by atoms with Crippen molar-refractivity contribution in [2.45, 2.75) is 25.4 Å². The Morgan fingerprint density at radius 3 is 2.57 bits per heavy atom. The molecule has 1 atom stereocenters. The van der Waals surface area contributed by atoms with Crippen LogP contribution in [0.3, 0.4) is 0 Å². The number of thiophene rings is 1. The molecule has 1 aliphatic heterocycles. The molecular weight excluding hydrogens is 313 g/mol. The molecule has 1 aromatic carbocycles. The summed E-state index contributed by atoms with van der Waals surface area (Å²) in [6, 6.07) is 9.95. The molecule has 0 bridgehead atoms. The largest absolute Gasteiger partial charge is 0.388 e. The lowest BCUT2D eigenvalue weighted by atomic mass is 9.87. The van der Waals surface area contributed by atoms with E-state index < -0.39 is 6.10 Å². The Bertz CT molecular complexity index is 634. The Kier molecular flexibility index (Phi) is 5.08. The van der Waals surface area contributed by atoms with Gasteiger partial charge in [-0.2, -0.15) is 0 Å². The lowest BCUT2D eigenvalue weighted by Crippen LogP contribution is -2.40. The van der Waals surface area contributed by atoms with Crippen molar-refractivity contribution < 1.29 is 14.3 Å². The maximum Gasteiger partial charge on any atom is 0.227 e. The summed E-state index contributed by atoms with van der Waals surface area (Å²) < 4.78 is 13.0. The van der Waals surface area contributed by atoms with Gasteiger partial charge in [0.15, 0.2) is 0 Å². The Labute approximate surface area is 139 Å². The average molecular weight is 333 g/mol. The number of rotatable bonds is 4. The first-order valence-electron chi connectivity index (χ1n) is 7.87. The van der Waals surface area contributed by atoms with Gasteiger partial charge in [-0.05, 0) is 47.9 Å². The highest BCUT2D eigenvalue weighted by molar-refractivity contribution is 7.10. The molecule has 3 nitrogen and oxygen atoms in total. The summed E-state index contributed by atoms with van der Waals surface area (Å²) in [6.07, 6.45) is 1.41. The van der Waals surface area contributed by atoms with Gasteiger partial charge in [0.25, 0.3) is 0 Å². The van der Waals surface area contributed by atoms with Crippen LogP contribution in [0.4, 0.5) is 4.39 Å². The van der Waals surface area contributed by atoms with Crippen LogP contribution in [0.2, 0.25) is 0 Å². The molecule has 1 aromatic heterocycles. The van der Waals surface area contributed by atoms with Gasteiger partial charge < -0.3 is 10.0 Å². The number of carbonyl (C=O) groups is 1. The number of halogens is 1. The number of nitrogens with zero attached hydrogens (tertiary/aromatic N) is 1. The van der Waals surface area contributed by atoms with E-state index in [1.165, 1.54) is 12.1 Å². The Morgan fingerprint density at radius 2 is 1.96 bits per heavy atom. The molecule has 23 heavy (non-hydrogen) atoms. The molecular formula is C18H20FNO2S. The van der Waals surface area contributed by atoms with Gasteiger partial charge in [-0.3, -0.25) is 4.79 Å². The fourth-order valence-corrected chi connectivity index (χ4v) is 3.77. The zero-order valence-electron chi connectivity index (χ0n) is 12.8. The molecule has 0 radical (unpaired) electrons. The summed E-state index contributed by atoms with van der Waals surface area (Å²) in [7, 11) is 0. The molecule has 2 aromatic rings. The number of amides is 1. The fourth-order valence-electron chi connectivity index (χ4n) is 3.07. The second-order valence-corrected chi connectivity index (χ2v) is 7.00. The number of hydrogen-bond acceptors (Lipinski definition) is 3. The van der Waals surface area contributed by atoms with Gasteiger partial charge in [-0.15, -0.1) is 11.3 Å². The number of carbonyl (C=O) groups excluding carboxylic acids is 1. The molecule has 0 aliphatic carbocycles. The van der Waals surface area contributed by atoms with Crippen LogP contribution in [0.5, 0.6) is 0 Å². The molecule has 0 saturated carbocycles. The summed E-state index contributed by atoms with van der Waals surface area (Å²) in [5, 5.41) is 12.4. The predicted octanol–water partition coefficient (Wildman–Crippen LogP) is 3.40. The third kappa shape index (κ3) is 3.98. The monoisotopic (exact) mass is 333 g/mol. The average Bonchev–Trinajstić information content (AvgIpc) is 3.08. The standard InChI is InChI=1S/C18H20FNO2S/c19-15-5-3-13(4-6-15)18(22)14-7-9-20(10-8-14)17(21)12-16-2-1-11-23-16/h1-6,11,14,18,22H,7-10,12H2/t18-/m0/s1. The topological polar surface area (TPSA) is 40.5 Å². The zero-order valence-corrected chi connectivity index (χ0v) is 13.6. The first-order valence-corrected chi connectivity index (χ1v) is 8.75. The number of hydrogen-bond donors (Lipinski definition) is 1. The smallest absolute Gasteiger partial charge is 0.227 e. The highest BCUT2D eigenvalue weighted by atomic mass is 32.1. The summed E-state index contributed by atoms with van der Waals surface area (Å²) in [5.41, 5.74) is 0.745. The van der Waals surface area contributed by atoms with Crippen molar-refractivity contribution in [3.63, 3.8) is 0 Å². The van der Waals surface area contributed by atoms with Crippen LogP contribution in [0.25, 0.3) is 0 Å². The van der Waals surface area contributed by atoms with E-state index in [4.69, 9.17) is 0 Å². The van der Waals surface area contributed by atoms with Crippen molar-refractivity contribution in [2.24, 2.45) is 5.92 Å². The van der Waals surface area contributed by atoms with Gasteiger partial charge >= 0.3 is 0 Å². The van der Waals surface area contributed by atoms with Crippen LogP contribution >= 0.6 is 11.3 Å². The molecule has 1 N–H and O–H groups in total. The quantitative estimate of drug-likeness (QED) is 0.931. The second-order valence-electron chi connectivity index (χ2n) is 5.97. The minimum Gasteiger partial charge on any atom is -0.388 e. The van der Waals surface area contributed by atoms with Crippen LogP contribution < -0.4 is 0 Å². The van der Waals surface area contributed by atoms with Crippen molar-refractivity contribution >= 4 is 17.2 Å². The zero-order chi connectivity index (χ0) is 16.2. The van der Waals surface area contributed by atoms with Gasteiger partial charge in [-0.1, -0.05) is 18.2 Å². The summed E-state index contributed by atoms with van der Waals surface area (Å²) in [5.74, 6) is -0.0247. The van der Waals surface area contributed by atoms with Crippen LogP contribution in [0, 0.1) is 11.7 Å². The maximum absolute atomic E-state index is 13.0. The van der Waals surface area contributed by atoms with Gasteiger partial charge in [-0.25, -0.2) is 4.39 Å². The van der Waals surface area contributed by atoms with E-state index in [-0.39, 0.29) is 17.6 Å². The molecule has 5 heteroatoms. The third-order valence-electron chi connectivity index (χ3n) is 4.46. The minimum atomic E-state index is -0.592. The van der Waals surface area contributed by atoms with Gasteiger partial charge in [0.2, 0.25) is 5.91 Å². The normalized spacial score (nSPS) is 17.2. The van der Waals surface area contributed by atoms with Crippen molar-refractivity contribution in [1.29, 1.82) is 0 Å². The third-order valence-corrected chi connectivity index (χ3v) is 5.33. The Balaban J connectivity index is 1.53. The van der Waals surface area contributed by atoms with Crippen molar-refractivity contribution in [3.05, 3.63) is 58.0 Å². The van der Waals surface area contributed by atoms with Crippen molar-refractivity contribution in [1.82, 2.24) is 4.90 Å². The van der Waals surface area contributed by atoms with E-state index in [9.17, 15) is 14.3 Å². The first-order chi connectivity index (χ1) is 11.1. The van der Waals surface area contributed by atoms with Gasteiger partial charge in [0.05, 0.1) is 12.5 Å². The minimum absolute atomic E-state index is 0.117. The molecule has 3 rings (SSSR count). The highest BCUT2D eigenvalue weighted by Crippen LogP contribution is 2.31. The summed E-state index contributed by atoms with van der Waals surface area (Å²) in [4.78, 5) is 15.2. The van der Waals surface area contributed by atoms with Crippen molar-refractivity contribution in [3.8, 4) is 0 Å². The molecule has 2 heterocycles. The molecule has 122 valence electrons. The lowest BCUT2D eigenvalue weighted by Gasteiger charge is -2.34. The van der Waals surface area contributed by atoms with E-state index >= 15 is 0 Å². The van der Waals surface area contributed by atoms with Crippen LogP contribution in [-0.2, 0) is 11.2 Å². The molecule has 1 saturated heterocycles. The SMILES string of the molecule is O=C(Cc1cccs1)N1CCC([C@@H](O)c2ccc(F)cc2)CC1. The van der Waals surface area contributed by atoms with Crippen LogP contribution in [0.1, 0.15) is 29.4 Å². The molecule has 1 amide bonds. The number of piperidine rings is 1. The van der Waals surface area contributed by atoms with Gasteiger partial charge in [0.1, 0.15) is 5.82 Å². The highest BCUT2D eigenvalue weighted by Gasteiger charge is 2.28. The van der Waals surface area contributed by atoms with E-state index in [2.05, 4.69) is 0 Å². The van der Waals surface area contributed by atoms with E-state index in [0.717, 1.165) is 23.3 Å².